The van der Waals surface area contributed by atoms with Crippen LogP contribution in [0.2, 0.25) is 0 Å². The standard InChI is InChI=1S/C28H28BrFN9O2P/c1-39-15-16(12-35-39)18-10-17(11-20(30)24(18)23-14-31-8-9-41-23)36-28-34-13-19(29)27(38-28)37-22-5-4-21-25(33-7-6-32-21)26(22)42(2,3)40/h4-7,10-13,15,23,31H,8-9,14H2,1-3H3,(H2,34,36,37,38). The lowest BCUT2D eigenvalue weighted by Crippen LogP contribution is -2.34. The Morgan fingerprint density at radius 1 is 1.14 bits per heavy atom. The zero-order valence-electron chi connectivity index (χ0n) is 23.1. The van der Waals surface area contributed by atoms with Crippen LogP contribution in [0.4, 0.5) is 27.5 Å². The number of rotatable bonds is 7. The van der Waals surface area contributed by atoms with Crippen molar-refractivity contribution >= 4 is 62.6 Å². The lowest BCUT2D eigenvalue weighted by Gasteiger charge is -2.26. The van der Waals surface area contributed by atoms with Crippen molar-refractivity contribution in [3.05, 3.63) is 71.1 Å². The van der Waals surface area contributed by atoms with E-state index < -0.39 is 19.1 Å². The average molecular weight is 652 g/mol. The van der Waals surface area contributed by atoms with Gasteiger partial charge in [-0.05, 0) is 59.1 Å². The molecule has 1 unspecified atom stereocenters. The van der Waals surface area contributed by atoms with E-state index in [-0.39, 0.29) is 5.95 Å². The first-order valence-electron chi connectivity index (χ1n) is 13.2. The molecule has 216 valence electrons. The van der Waals surface area contributed by atoms with Crippen LogP contribution in [-0.4, -0.2) is 62.7 Å². The molecule has 14 heteroatoms. The van der Waals surface area contributed by atoms with Gasteiger partial charge in [-0.15, -0.1) is 0 Å². The number of hydrogen-bond acceptors (Lipinski definition) is 10. The largest absolute Gasteiger partial charge is 0.371 e. The first-order chi connectivity index (χ1) is 20.2. The van der Waals surface area contributed by atoms with Gasteiger partial charge in [-0.2, -0.15) is 10.1 Å². The second-order valence-corrected chi connectivity index (χ2v) is 14.3. The highest BCUT2D eigenvalue weighted by Crippen LogP contribution is 2.41. The van der Waals surface area contributed by atoms with Crippen LogP contribution in [0.15, 0.2) is 59.7 Å². The summed E-state index contributed by atoms with van der Waals surface area (Å²) >= 11 is 3.51. The molecule has 0 bridgehead atoms. The fourth-order valence-electron chi connectivity index (χ4n) is 5.01. The Kier molecular flexibility index (Phi) is 7.75. The topological polar surface area (TPSA) is 132 Å². The summed E-state index contributed by atoms with van der Waals surface area (Å²) in [6.07, 6.45) is 7.86. The number of ether oxygens (including phenoxy) is 1. The number of morpholine rings is 1. The molecule has 0 saturated carbocycles. The van der Waals surface area contributed by atoms with Crippen LogP contribution >= 0.6 is 23.1 Å². The minimum atomic E-state index is -2.78. The summed E-state index contributed by atoms with van der Waals surface area (Å²) in [6, 6.07) is 6.88. The van der Waals surface area contributed by atoms with Crippen LogP contribution in [0, 0.1) is 5.82 Å². The third-order valence-electron chi connectivity index (χ3n) is 6.80. The van der Waals surface area contributed by atoms with E-state index in [2.05, 4.69) is 56.9 Å². The molecule has 1 atom stereocenters. The number of benzene rings is 2. The minimum Gasteiger partial charge on any atom is -0.371 e. The quantitative estimate of drug-likeness (QED) is 0.204. The predicted octanol–water partition coefficient (Wildman–Crippen LogP) is 5.12. The molecular formula is C28H28BrFN9O2P. The van der Waals surface area contributed by atoms with E-state index in [0.717, 1.165) is 12.1 Å². The Morgan fingerprint density at radius 2 is 1.98 bits per heavy atom. The van der Waals surface area contributed by atoms with Gasteiger partial charge in [0, 0.05) is 61.7 Å². The number of nitrogens with zero attached hydrogens (tertiary/aromatic N) is 6. The van der Waals surface area contributed by atoms with Crippen LogP contribution in [0.3, 0.4) is 0 Å². The first kappa shape index (κ1) is 28.4. The van der Waals surface area contributed by atoms with Crippen molar-refractivity contribution in [2.45, 2.75) is 6.10 Å². The number of aromatic nitrogens is 6. The number of anilines is 4. The van der Waals surface area contributed by atoms with E-state index in [1.54, 1.807) is 42.8 Å². The minimum absolute atomic E-state index is 0.235. The number of fused-ring (bicyclic) bond motifs is 1. The molecule has 4 heterocycles. The molecule has 3 N–H and O–H groups in total. The highest BCUT2D eigenvalue weighted by atomic mass is 79.9. The summed E-state index contributed by atoms with van der Waals surface area (Å²) in [5.41, 5.74) is 4.16. The lowest BCUT2D eigenvalue weighted by molar-refractivity contribution is 0.0259. The monoisotopic (exact) mass is 651 g/mol. The van der Waals surface area contributed by atoms with E-state index in [9.17, 15) is 4.57 Å². The maximum Gasteiger partial charge on any atom is 0.229 e. The van der Waals surface area contributed by atoms with Gasteiger partial charge in [-0.3, -0.25) is 14.6 Å². The van der Waals surface area contributed by atoms with E-state index in [0.29, 0.717) is 62.3 Å². The first-order valence-corrected chi connectivity index (χ1v) is 16.6. The Morgan fingerprint density at radius 3 is 2.71 bits per heavy atom. The summed E-state index contributed by atoms with van der Waals surface area (Å²) in [6.45, 7) is 5.11. The third-order valence-corrected chi connectivity index (χ3v) is 8.91. The van der Waals surface area contributed by atoms with Crippen LogP contribution < -0.4 is 21.3 Å². The number of nitrogens with one attached hydrogen (secondary N) is 3. The van der Waals surface area contributed by atoms with Gasteiger partial charge in [0.05, 0.1) is 39.9 Å². The van der Waals surface area contributed by atoms with Crippen molar-refractivity contribution in [2.75, 3.05) is 43.7 Å². The zero-order chi connectivity index (χ0) is 29.4. The molecule has 0 radical (unpaired) electrons. The lowest BCUT2D eigenvalue weighted by atomic mass is 9.96. The van der Waals surface area contributed by atoms with Gasteiger partial charge >= 0.3 is 0 Å². The Balaban J connectivity index is 1.36. The molecule has 3 aromatic heterocycles. The molecule has 1 saturated heterocycles. The molecule has 1 fully saturated rings. The summed E-state index contributed by atoms with van der Waals surface area (Å²) in [7, 11) is -0.964. The molecule has 6 rings (SSSR count). The average Bonchev–Trinajstić information content (AvgIpc) is 3.40. The summed E-state index contributed by atoms with van der Waals surface area (Å²) in [5, 5.41) is 14.5. The molecule has 0 amide bonds. The summed E-state index contributed by atoms with van der Waals surface area (Å²) in [5.74, 6) is 0.252. The van der Waals surface area contributed by atoms with Crippen molar-refractivity contribution < 1.29 is 13.7 Å². The van der Waals surface area contributed by atoms with Gasteiger partial charge in [0.2, 0.25) is 5.95 Å². The second-order valence-electron chi connectivity index (χ2n) is 10.3. The Labute approximate surface area is 249 Å². The third kappa shape index (κ3) is 5.78. The van der Waals surface area contributed by atoms with Gasteiger partial charge < -0.3 is 25.3 Å². The van der Waals surface area contributed by atoms with Gasteiger partial charge in [-0.1, -0.05) is 0 Å². The second kappa shape index (κ2) is 11.5. The van der Waals surface area contributed by atoms with Crippen LogP contribution in [0.25, 0.3) is 22.2 Å². The van der Waals surface area contributed by atoms with Crippen molar-refractivity contribution in [1.29, 1.82) is 0 Å². The van der Waals surface area contributed by atoms with Crippen molar-refractivity contribution in [1.82, 2.24) is 35.0 Å². The van der Waals surface area contributed by atoms with Gasteiger partial charge in [-0.25, -0.2) is 9.37 Å². The van der Waals surface area contributed by atoms with E-state index in [4.69, 9.17) is 4.74 Å². The summed E-state index contributed by atoms with van der Waals surface area (Å²) < 4.78 is 37.2. The molecule has 0 spiro atoms. The molecule has 5 aromatic rings. The summed E-state index contributed by atoms with van der Waals surface area (Å²) in [4.78, 5) is 17.8. The van der Waals surface area contributed by atoms with Gasteiger partial charge in [0.15, 0.2) is 0 Å². The highest BCUT2D eigenvalue weighted by Gasteiger charge is 2.26. The van der Waals surface area contributed by atoms with Crippen molar-refractivity contribution in [3.63, 3.8) is 0 Å². The Bertz CT molecular complexity index is 1840. The van der Waals surface area contributed by atoms with Crippen molar-refractivity contribution in [2.24, 2.45) is 7.05 Å². The van der Waals surface area contributed by atoms with Gasteiger partial charge in [0.25, 0.3) is 0 Å². The SMILES string of the molecule is Cn1cc(-c2cc(Nc3ncc(Br)c(Nc4ccc5nccnc5c4P(C)(C)=O)n3)cc(F)c2C2CNCCO2)cn1. The molecular weight excluding hydrogens is 624 g/mol. The zero-order valence-corrected chi connectivity index (χ0v) is 25.6. The van der Waals surface area contributed by atoms with Crippen molar-refractivity contribution in [3.8, 4) is 11.1 Å². The van der Waals surface area contributed by atoms with E-state index in [1.807, 2.05) is 31.4 Å². The normalized spacial score (nSPS) is 15.6. The van der Waals surface area contributed by atoms with Gasteiger partial charge in [0.1, 0.15) is 24.3 Å². The molecule has 11 nitrogen and oxygen atoms in total. The Hall–Kier alpha value is -3.77. The molecule has 0 aliphatic carbocycles. The van der Waals surface area contributed by atoms with Crippen LogP contribution in [0.5, 0.6) is 0 Å². The smallest absolute Gasteiger partial charge is 0.229 e. The fraction of sp³-hybridized carbons (Fsp3) is 0.250. The fourth-order valence-corrected chi connectivity index (χ4v) is 6.69. The van der Waals surface area contributed by atoms with Crippen LogP contribution in [0.1, 0.15) is 11.7 Å². The number of aryl methyl sites for hydroxylation is 1. The van der Waals surface area contributed by atoms with E-state index in [1.165, 1.54) is 6.07 Å². The maximum absolute atomic E-state index is 15.7. The maximum atomic E-state index is 15.7. The molecule has 42 heavy (non-hydrogen) atoms. The molecule has 1 aliphatic heterocycles. The molecule has 1 aliphatic rings. The predicted molar refractivity (Wildman–Crippen MR) is 165 cm³/mol. The molecule has 2 aromatic carbocycles. The van der Waals surface area contributed by atoms with E-state index >= 15 is 4.39 Å². The number of hydrogen-bond donors (Lipinski definition) is 3. The van der Waals surface area contributed by atoms with Crippen LogP contribution in [-0.2, 0) is 16.3 Å². The number of halogens is 2. The highest BCUT2D eigenvalue weighted by molar-refractivity contribution is 9.10.